The van der Waals surface area contributed by atoms with Crippen LogP contribution in [0.25, 0.3) is 0 Å². The molecule has 0 radical (unpaired) electrons. The first-order valence-electron chi connectivity index (χ1n) is 4.92. The van der Waals surface area contributed by atoms with Crippen molar-refractivity contribution in [2.24, 2.45) is 5.73 Å². The van der Waals surface area contributed by atoms with E-state index in [-0.39, 0.29) is 5.82 Å². The zero-order valence-corrected chi connectivity index (χ0v) is 10.4. The molecule has 0 amide bonds. The minimum absolute atomic E-state index is 0.175. The van der Waals surface area contributed by atoms with E-state index in [1.807, 2.05) is 23.9 Å². The summed E-state index contributed by atoms with van der Waals surface area (Å²) in [7, 11) is 0. The Morgan fingerprint density at radius 2 is 1.93 bits per heavy atom. The molecule has 0 saturated heterocycles. The van der Waals surface area contributed by atoms with Gasteiger partial charge in [0.15, 0.2) is 0 Å². The van der Waals surface area contributed by atoms with Gasteiger partial charge in [-0.05, 0) is 24.3 Å². The first-order valence-corrected chi connectivity index (χ1v) is 6.96. The van der Waals surface area contributed by atoms with E-state index in [4.69, 9.17) is 5.73 Å². The predicted octanol–water partition coefficient (Wildman–Crippen LogP) is 3.00. The average molecular weight is 245 g/mol. The van der Waals surface area contributed by atoms with Crippen LogP contribution in [0.1, 0.15) is 6.92 Å². The molecule has 1 aromatic rings. The van der Waals surface area contributed by atoms with Gasteiger partial charge in [0.2, 0.25) is 0 Å². The number of hydrogen-bond donors (Lipinski definition) is 1. The first kappa shape index (κ1) is 12.9. The summed E-state index contributed by atoms with van der Waals surface area (Å²) in [5.41, 5.74) is 5.51. The molecule has 1 unspecified atom stereocenters. The van der Waals surface area contributed by atoms with Crippen molar-refractivity contribution in [1.29, 1.82) is 0 Å². The Balaban J connectivity index is 2.17. The summed E-state index contributed by atoms with van der Waals surface area (Å²) in [4.78, 5) is 1.12. The van der Waals surface area contributed by atoms with Crippen molar-refractivity contribution >= 4 is 23.5 Å². The lowest BCUT2D eigenvalue weighted by molar-refractivity contribution is 0.626. The Morgan fingerprint density at radius 1 is 1.27 bits per heavy atom. The minimum atomic E-state index is -0.175. The third kappa shape index (κ3) is 5.44. The highest BCUT2D eigenvalue weighted by atomic mass is 32.2. The molecule has 1 aromatic carbocycles. The molecule has 2 N–H and O–H groups in total. The summed E-state index contributed by atoms with van der Waals surface area (Å²) in [6.45, 7) is 2.86. The van der Waals surface area contributed by atoms with Crippen molar-refractivity contribution in [2.75, 3.05) is 18.1 Å². The number of nitrogens with two attached hydrogens (primary N) is 1. The number of halogens is 1. The Kier molecular flexibility index (Phi) is 6.13. The Morgan fingerprint density at radius 3 is 2.53 bits per heavy atom. The third-order valence-corrected chi connectivity index (χ3v) is 4.37. The molecule has 0 spiro atoms. The van der Waals surface area contributed by atoms with Gasteiger partial charge in [0.1, 0.15) is 5.82 Å². The van der Waals surface area contributed by atoms with Crippen LogP contribution in [0, 0.1) is 5.82 Å². The summed E-state index contributed by atoms with van der Waals surface area (Å²) in [6, 6.07) is 6.63. The van der Waals surface area contributed by atoms with Gasteiger partial charge in [-0.25, -0.2) is 4.39 Å². The topological polar surface area (TPSA) is 26.0 Å². The Bertz CT molecular complexity index is 276. The highest BCUT2D eigenvalue weighted by molar-refractivity contribution is 8.03. The summed E-state index contributed by atoms with van der Waals surface area (Å²) in [6.07, 6.45) is 0. The maximum Gasteiger partial charge on any atom is 0.123 e. The molecule has 84 valence electrons. The Hall–Kier alpha value is -0.190. The van der Waals surface area contributed by atoms with Crippen molar-refractivity contribution in [3.8, 4) is 0 Å². The van der Waals surface area contributed by atoms with E-state index in [2.05, 4.69) is 6.92 Å². The van der Waals surface area contributed by atoms with Crippen LogP contribution in [-0.2, 0) is 0 Å². The SMILES string of the molecule is CC(CN)SCCSc1ccc(F)cc1. The Labute approximate surface area is 99.0 Å². The molecule has 1 nitrogen and oxygen atoms in total. The molecule has 0 aliphatic rings. The highest BCUT2D eigenvalue weighted by Gasteiger charge is 1.99. The fraction of sp³-hybridized carbons (Fsp3) is 0.455. The monoisotopic (exact) mass is 245 g/mol. The molecular weight excluding hydrogens is 229 g/mol. The second-order valence-corrected chi connectivity index (χ2v) is 5.93. The molecular formula is C11H16FNS2. The van der Waals surface area contributed by atoms with Crippen LogP contribution in [0.15, 0.2) is 29.2 Å². The fourth-order valence-electron chi connectivity index (χ4n) is 1.01. The smallest absolute Gasteiger partial charge is 0.123 e. The number of benzene rings is 1. The quantitative estimate of drug-likeness (QED) is 0.616. The van der Waals surface area contributed by atoms with Crippen LogP contribution in [0.4, 0.5) is 4.39 Å². The molecule has 4 heteroatoms. The van der Waals surface area contributed by atoms with Crippen LogP contribution in [0.3, 0.4) is 0 Å². The molecule has 0 fully saturated rings. The maximum absolute atomic E-state index is 12.6. The average Bonchev–Trinajstić information content (AvgIpc) is 2.26. The van der Waals surface area contributed by atoms with Crippen molar-refractivity contribution in [1.82, 2.24) is 0 Å². The van der Waals surface area contributed by atoms with Crippen LogP contribution in [0.2, 0.25) is 0 Å². The molecule has 0 heterocycles. The van der Waals surface area contributed by atoms with Crippen LogP contribution >= 0.6 is 23.5 Å². The molecule has 1 rings (SSSR count). The number of rotatable bonds is 6. The second kappa shape index (κ2) is 7.14. The normalized spacial score (nSPS) is 12.7. The zero-order chi connectivity index (χ0) is 11.1. The van der Waals surface area contributed by atoms with Crippen LogP contribution < -0.4 is 5.73 Å². The molecule has 0 bridgehead atoms. The van der Waals surface area contributed by atoms with Gasteiger partial charge in [0, 0.05) is 28.2 Å². The molecule has 0 aromatic heterocycles. The van der Waals surface area contributed by atoms with E-state index in [1.165, 1.54) is 12.1 Å². The van der Waals surface area contributed by atoms with E-state index >= 15 is 0 Å². The molecule has 0 saturated carbocycles. The van der Waals surface area contributed by atoms with Gasteiger partial charge in [-0.3, -0.25) is 0 Å². The molecule has 0 aliphatic carbocycles. The number of thioether (sulfide) groups is 2. The molecule has 1 atom stereocenters. The van der Waals surface area contributed by atoms with E-state index in [9.17, 15) is 4.39 Å². The first-order chi connectivity index (χ1) is 7.22. The lowest BCUT2D eigenvalue weighted by Gasteiger charge is -2.07. The van der Waals surface area contributed by atoms with Gasteiger partial charge < -0.3 is 5.73 Å². The van der Waals surface area contributed by atoms with Crippen LogP contribution in [-0.4, -0.2) is 23.3 Å². The number of hydrogen-bond acceptors (Lipinski definition) is 3. The summed E-state index contributed by atoms with van der Waals surface area (Å²) in [5, 5.41) is 0.527. The molecule has 15 heavy (non-hydrogen) atoms. The summed E-state index contributed by atoms with van der Waals surface area (Å²) < 4.78 is 12.6. The molecule has 0 aliphatic heterocycles. The van der Waals surface area contributed by atoms with Gasteiger partial charge >= 0.3 is 0 Å². The van der Waals surface area contributed by atoms with E-state index in [0.29, 0.717) is 5.25 Å². The van der Waals surface area contributed by atoms with Crippen LogP contribution in [0.5, 0.6) is 0 Å². The van der Waals surface area contributed by atoms with Gasteiger partial charge in [-0.15, -0.1) is 11.8 Å². The van der Waals surface area contributed by atoms with Crippen molar-refractivity contribution in [3.05, 3.63) is 30.1 Å². The fourth-order valence-corrected chi connectivity index (χ4v) is 2.83. The van der Waals surface area contributed by atoms with Gasteiger partial charge in [-0.2, -0.15) is 11.8 Å². The third-order valence-electron chi connectivity index (χ3n) is 1.90. The lowest BCUT2D eigenvalue weighted by atomic mass is 10.4. The van der Waals surface area contributed by atoms with Crippen molar-refractivity contribution in [2.45, 2.75) is 17.1 Å². The van der Waals surface area contributed by atoms with Crippen molar-refractivity contribution < 1.29 is 4.39 Å². The minimum Gasteiger partial charge on any atom is -0.329 e. The van der Waals surface area contributed by atoms with Crippen molar-refractivity contribution in [3.63, 3.8) is 0 Å². The maximum atomic E-state index is 12.6. The van der Waals surface area contributed by atoms with E-state index in [0.717, 1.165) is 22.9 Å². The largest absolute Gasteiger partial charge is 0.329 e. The van der Waals surface area contributed by atoms with Gasteiger partial charge in [0.25, 0.3) is 0 Å². The highest BCUT2D eigenvalue weighted by Crippen LogP contribution is 2.20. The van der Waals surface area contributed by atoms with E-state index < -0.39 is 0 Å². The summed E-state index contributed by atoms with van der Waals surface area (Å²) >= 11 is 3.63. The standard InChI is InChI=1S/C11H16FNS2/c1-9(8-13)14-6-7-15-11-4-2-10(12)3-5-11/h2-5,9H,6-8,13H2,1H3. The zero-order valence-electron chi connectivity index (χ0n) is 8.78. The van der Waals surface area contributed by atoms with Gasteiger partial charge in [0.05, 0.1) is 0 Å². The lowest BCUT2D eigenvalue weighted by Crippen LogP contribution is -2.13. The van der Waals surface area contributed by atoms with Gasteiger partial charge in [-0.1, -0.05) is 6.92 Å². The van der Waals surface area contributed by atoms with E-state index in [1.54, 1.807) is 11.8 Å². The summed E-state index contributed by atoms with van der Waals surface area (Å²) in [5.74, 6) is 1.95. The predicted molar refractivity (Wildman–Crippen MR) is 68.1 cm³/mol. The second-order valence-electron chi connectivity index (χ2n) is 3.22.